The second-order valence-corrected chi connectivity index (χ2v) is 35.9. The number of nitrogens with zero attached hydrogens (tertiary/aromatic N) is 1. The van der Waals surface area contributed by atoms with Gasteiger partial charge < -0.3 is 64.8 Å². The van der Waals surface area contributed by atoms with E-state index in [0.717, 1.165) is 66.9 Å². The summed E-state index contributed by atoms with van der Waals surface area (Å²) in [5.74, 6) is -5.81. The van der Waals surface area contributed by atoms with Crippen LogP contribution in [-0.4, -0.2) is 138 Å². The van der Waals surface area contributed by atoms with Crippen LogP contribution in [0.5, 0.6) is 0 Å². The van der Waals surface area contributed by atoms with Gasteiger partial charge in [-0.25, -0.2) is 21.0 Å². The molecule has 7 rings (SSSR count). The Kier molecular flexibility index (Phi) is 46.3. The van der Waals surface area contributed by atoms with Gasteiger partial charge in [-0.3, -0.25) is 24.0 Å². The van der Waals surface area contributed by atoms with Crippen LogP contribution in [0, 0.1) is 28.2 Å². The number of aliphatic hydroxyl groups is 3. The molecule has 132 heavy (non-hydrogen) atoms. The number of aliphatic hydroxyl groups excluding tert-OH is 3. The average molecular weight is 1850 g/mol. The lowest BCUT2D eigenvalue weighted by Gasteiger charge is -2.37. The van der Waals surface area contributed by atoms with E-state index < -0.39 is 102 Å². The SMILES string of the molecule is CC1=C(/C=C/C(C)=C/C=C/C(C)=C/C=C/C=C(C)/C=C/C=C(C)/C=C/C2=C(C)C(=O)C(O)CC2(C)C)C(C)(C)CC(O)C1=O.Cl.Cl.[C-]#[N+]CCOC(OC[C@H](O)[C@H]1OC(=O)C(OC(=O)c2ccccc2)=C1OC(=O)c1ccccc1)OC1CC(C)(C)C(/C=C/C(C)=C/C=C/C(C)=C/C=C/C=C(C)/C=C/C=C(C)/C=C/C2=C(C)C(=O)C(OC(=O)C(N)CCCN)CC2(C)C)=C(C)C1=O. The third kappa shape index (κ3) is 35.1. The van der Waals surface area contributed by atoms with Crippen molar-refractivity contribution in [3.05, 3.63) is 354 Å². The molecule has 2 aromatic rings. The normalized spacial score (nSPS) is 21.8. The summed E-state index contributed by atoms with van der Waals surface area (Å²) in [7, 11) is 0. The van der Waals surface area contributed by atoms with Gasteiger partial charge >= 0.3 is 23.9 Å². The summed E-state index contributed by atoms with van der Waals surface area (Å²) in [6, 6.07) is 14.8. The van der Waals surface area contributed by atoms with Crippen molar-refractivity contribution in [2.45, 2.75) is 226 Å². The Morgan fingerprint density at radius 3 is 1.19 bits per heavy atom. The number of nitrogens with two attached hydrogens (primary N) is 2. The Hall–Kier alpha value is -11.2. The van der Waals surface area contributed by atoms with Gasteiger partial charge in [-0.15, -0.1) is 24.8 Å². The summed E-state index contributed by atoms with van der Waals surface area (Å²) >= 11 is 0. The number of hydrogen-bond donors (Lipinski definition) is 5. The predicted octanol–water partition coefficient (Wildman–Crippen LogP) is 20.7. The molecular formula is C109H135Cl2N3O18. The molecule has 0 saturated heterocycles. The zero-order valence-electron chi connectivity index (χ0n) is 80.0. The van der Waals surface area contributed by atoms with Gasteiger partial charge in [0.1, 0.15) is 37.1 Å². The molecule has 4 aliphatic carbocycles. The van der Waals surface area contributed by atoms with Crippen LogP contribution in [-0.2, 0) is 61.9 Å². The Morgan fingerprint density at radius 1 is 0.485 bits per heavy atom. The van der Waals surface area contributed by atoms with Crippen molar-refractivity contribution in [1.82, 2.24) is 0 Å². The molecule has 0 amide bonds. The van der Waals surface area contributed by atoms with Crippen LogP contribution >= 0.6 is 24.8 Å². The minimum Gasteiger partial charge on any atom is -0.453 e. The largest absolute Gasteiger partial charge is 0.453 e. The molecule has 23 heteroatoms. The molecule has 0 radical (unpaired) electrons. The number of benzene rings is 2. The van der Waals surface area contributed by atoms with Gasteiger partial charge in [0, 0.05) is 6.42 Å². The van der Waals surface area contributed by atoms with Gasteiger partial charge in [-0.1, -0.05) is 307 Å². The number of carbonyl (C=O) groups excluding carboxylic acids is 8. The quantitative estimate of drug-likeness (QED) is 0.0104. The standard InChI is InChI=1S/C69H81N3O14.C40H52O4.2ClH/c1-44(25-20-27-46(3)34-36-52-48(5)58(74)56(41-68(52,7)8)82-65(78)54(71)33-22-38-70)23-18-19-24-45(2)26-21-28-47(4)35-37-53-49(6)59(75)57(42-69(53,9)10)83-67(80-40-39-72-11)81-43-55(73)60-61(85-63(76)50-29-14-12-15-30-50)62(66(79)84-60)86-64(77)51-31-16-13-17-32-51;1-27(17-13-19-29(3)21-23-33-31(5)37(43)35(41)25-39(33,7)8)15-11-12-16-28(2)18-14-20-30(4)22-24-34-32(6)38(44)36(42)26-40(34,9)10;;/h12-21,23-32,34-37,54-57,60,67,73H,22,33,38-43,70-71H2,1-10H3;11-24,35-36,41-42H,25-26H2,1-10H3;2*1H/b19-18+,25-20+,26-21+,36-34+,37-35+,44-23+,45-24+,46-27+,47-28+;12-11+,17-13+,18-14+,23-21+,24-22+,27-15+,28-16+,29-19+,30-20+;;/t54?,55-,56?,57?,60+,67?;;;/m0.../s1. The van der Waals surface area contributed by atoms with E-state index in [4.69, 9.17) is 51.2 Å². The predicted molar refractivity (Wildman–Crippen MR) is 527 cm³/mol. The fourth-order valence-corrected chi connectivity index (χ4v) is 15.2. The molecule has 8 atom stereocenters. The van der Waals surface area contributed by atoms with Crippen LogP contribution in [0.4, 0.5) is 0 Å². The van der Waals surface area contributed by atoms with Gasteiger partial charge in [0.25, 0.3) is 12.2 Å². The smallest absolute Gasteiger partial charge is 0.379 e. The number of rotatable bonds is 38. The molecule has 0 bridgehead atoms. The summed E-state index contributed by atoms with van der Waals surface area (Å²) < 4.78 is 39.6. The maximum atomic E-state index is 14.0. The number of carbonyl (C=O) groups is 8. The first-order chi connectivity index (χ1) is 61.3. The fraction of sp³-hybridized carbons (Fsp3) is 0.385. The van der Waals surface area contributed by atoms with Crippen LogP contribution in [0.25, 0.3) is 4.85 Å². The van der Waals surface area contributed by atoms with Gasteiger partial charge in [-0.2, -0.15) is 0 Å². The van der Waals surface area contributed by atoms with Crippen LogP contribution in [0.1, 0.15) is 198 Å². The highest BCUT2D eigenvalue weighted by atomic mass is 35.5. The van der Waals surface area contributed by atoms with Gasteiger partial charge in [-0.05, 0) is 212 Å². The molecule has 708 valence electrons. The first-order valence-electron chi connectivity index (χ1n) is 43.9. The number of allylic oxidation sites excluding steroid dienone is 40. The molecule has 0 fully saturated rings. The molecule has 1 heterocycles. The third-order valence-electron chi connectivity index (χ3n) is 22.7. The lowest BCUT2D eigenvalue weighted by atomic mass is 9.71. The van der Waals surface area contributed by atoms with E-state index in [-0.39, 0.29) is 89.5 Å². The first-order valence-corrected chi connectivity index (χ1v) is 43.9. The summed E-state index contributed by atoms with van der Waals surface area (Å²) in [6.45, 7) is 44.7. The molecule has 21 nitrogen and oxygen atoms in total. The van der Waals surface area contributed by atoms with Gasteiger partial charge in [0.2, 0.25) is 12.3 Å². The molecule has 5 aliphatic rings. The number of ether oxygens (including phenoxy) is 7. The summed E-state index contributed by atoms with van der Waals surface area (Å²) in [4.78, 5) is 107. The minimum absolute atomic E-state index is 0. The highest BCUT2D eigenvalue weighted by Gasteiger charge is 2.47. The van der Waals surface area contributed by atoms with Crippen molar-refractivity contribution < 1.29 is 86.8 Å². The molecule has 7 N–H and O–H groups in total. The third-order valence-corrected chi connectivity index (χ3v) is 22.7. The zero-order chi connectivity index (χ0) is 96.4. The Balaban J connectivity index is 0.000000666. The maximum Gasteiger partial charge on any atom is 0.379 e. The van der Waals surface area contributed by atoms with E-state index in [2.05, 4.69) is 70.7 Å². The fourth-order valence-electron chi connectivity index (χ4n) is 15.2. The number of halogens is 2. The van der Waals surface area contributed by atoms with Crippen LogP contribution in [0.15, 0.2) is 331 Å². The van der Waals surface area contributed by atoms with Crippen LogP contribution < -0.4 is 11.5 Å². The second-order valence-electron chi connectivity index (χ2n) is 35.9. The molecule has 6 unspecified atom stereocenters. The summed E-state index contributed by atoms with van der Waals surface area (Å²) in [5.41, 5.74) is 24.6. The Morgan fingerprint density at radius 2 is 0.818 bits per heavy atom. The minimum atomic E-state index is -1.75. The van der Waals surface area contributed by atoms with E-state index in [1.54, 1.807) is 64.1 Å². The number of ketones is 4. The summed E-state index contributed by atoms with van der Waals surface area (Å²) in [6.07, 6.45) is 51.4. The Labute approximate surface area is 793 Å². The molecule has 0 saturated carbocycles. The van der Waals surface area contributed by atoms with Crippen molar-refractivity contribution in [2.75, 3.05) is 26.3 Å². The molecule has 1 aliphatic heterocycles. The van der Waals surface area contributed by atoms with E-state index in [1.807, 2.05) is 215 Å². The number of hydrogen-bond acceptors (Lipinski definition) is 20. The second kappa shape index (κ2) is 54.1. The molecule has 0 spiro atoms. The van der Waals surface area contributed by atoms with Crippen molar-refractivity contribution in [1.29, 1.82) is 0 Å². The highest BCUT2D eigenvalue weighted by molar-refractivity contribution is 6.04. The first kappa shape index (κ1) is 113. The molecule has 0 aromatic heterocycles. The van der Waals surface area contributed by atoms with E-state index >= 15 is 0 Å². The van der Waals surface area contributed by atoms with Crippen molar-refractivity contribution >= 4 is 71.8 Å². The van der Waals surface area contributed by atoms with E-state index in [1.165, 1.54) is 24.3 Å². The number of Topliss-reactive ketones (excluding diaryl/α,β-unsaturated/α-hetero) is 4. The lowest BCUT2D eigenvalue weighted by Crippen LogP contribution is -2.42. The van der Waals surface area contributed by atoms with Crippen molar-refractivity contribution in [3.63, 3.8) is 0 Å². The number of cyclic esters (lactones) is 1. The monoisotopic (exact) mass is 1840 g/mol. The van der Waals surface area contributed by atoms with Gasteiger partial charge in [0.05, 0.1) is 17.7 Å². The van der Waals surface area contributed by atoms with E-state index in [9.17, 15) is 53.7 Å². The van der Waals surface area contributed by atoms with Crippen molar-refractivity contribution in [2.24, 2.45) is 33.1 Å². The lowest BCUT2D eigenvalue weighted by molar-refractivity contribution is -0.307. The average Bonchev–Trinajstić information content (AvgIpc) is 1.58. The van der Waals surface area contributed by atoms with Crippen molar-refractivity contribution in [3.8, 4) is 0 Å². The zero-order valence-corrected chi connectivity index (χ0v) is 81.6. The molecular weight excluding hydrogens is 1710 g/mol. The summed E-state index contributed by atoms with van der Waals surface area (Å²) in [5, 5.41) is 31.5. The molecule has 2 aromatic carbocycles. The topological polar surface area (TPSA) is 318 Å². The van der Waals surface area contributed by atoms with E-state index in [0.29, 0.717) is 60.9 Å². The van der Waals surface area contributed by atoms with Gasteiger partial charge in [0.15, 0.2) is 35.3 Å². The highest BCUT2D eigenvalue weighted by Crippen LogP contribution is 2.45. The number of esters is 4. The van der Waals surface area contributed by atoms with Crippen LogP contribution in [0.3, 0.4) is 0 Å². The Bertz CT molecular complexity index is 5190. The maximum absolute atomic E-state index is 14.0. The van der Waals surface area contributed by atoms with Crippen LogP contribution in [0.2, 0.25) is 0 Å².